The highest BCUT2D eigenvalue weighted by Gasteiger charge is 2.31. The lowest BCUT2D eigenvalue weighted by Gasteiger charge is -2.22. The second-order valence-electron chi connectivity index (χ2n) is 6.13. The first kappa shape index (κ1) is 16.1. The Morgan fingerprint density at radius 1 is 1.17 bits per heavy atom. The number of pyridine rings is 1. The lowest BCUT2D eigenvalue weighted by Crippen LogP contribution is -2.49. The van der Waals surface area contributed by atoms with E-state index < -0.39 is 0 Å². The van der Waals surface area contributed by atoms with Gasteiger partial charge in [-0.1, -0.05) is 0 Å². The minimum absolute atomic E-state index is 0.0262. The van der Waals surface area contributed by atoms with Crippen LogP contribution >= 0.6 is 11.8 Å². The third kappa shape index (κ3) is 4.60. The summed E-state index contributed by atoms with van der Waals surface area (Å²) in [5.41, 5.74) is 0.0426. The van der Waals surface area contributed by atoms with E-state index in [1.54, 1.807) is 11.8 Å². The molecule has 0 spiro atoms. The molecule has 7 heteroatoms. The van der Waals surface area contributed by atoms with E-state index in [1.807, 2.05) is 0 Å². The molecule has 3 N–H and O–H groups in total. The maximum absolute atomic E-state index is 12.2. The topological polar surface area (TPSA) is 91.1 Å². The summed E-state index contributed by atoms with van der Waals surface area (Å²) in [4.78, 5) is 38.3. The van der Waals surface area contributed by atoms with Crippen LogP contribution in [0.15, 0.2) is 23.1 Å². The summed E-state index contributed by atoms with van der Waals surface area (Å²) >= 11 is 1.71. The lowest BCUT2D eigenvalue weighted by molar-refractivity contribution is -0.119. The molecule has 124 valence electrons. The molecule has 2 fully saturated rings. The molecular weight excluding hydrogens is 314 g/mol. The molecule has 2 aliphatic rings. The second-order valence-corrected chi connectivity index (χ2v) is 7.42. The fourth-order valence-corrected chi connectivity index (χ4v) is 3.74. The van der Waals surface area contributed by atoms with Crippen LogP contribution in [0.25, 0.3) is 0 Å². The Hall–Kier alpha value is -1.76. The number of amides is 2. The van der Waals surface area contributed by atoms with Gasteiger partial charge in [-0.25, -0.2) is 0 Å². The van der Waals surface area contributed by atoms with Crippen molar-refractivity contribution in [3.05, 3.63) is 34.2 Å². The first-order valence-corrected chi connectivity index (χ1v) is 9.07. The van der Waals surface area contributed by atoms with Gasteiger partial charge in [-0.05, 0) is 32.1 Å². The fourth-order valence-electron chi connectivity index (χ4n) is 2.81. The van der Waals surface area contributed by atoms with Gasteiger partial charge in [0.05, 0.1) is 5.75 Å². The standard InChI is InChI=1S/C16H21N3O3S/c20-10-6-7-17-14(8-10)16(22)19-13-3-1-2-12(13)18-15(21)9-23-11-4-5-11/h6-8,11-13H,1-5,9H2,(H,17,20)(H,18,21)(H,19,22)/t12-,13+/m1/s1. The van der Waals surface area contributed by atoms with Gasteiger partial charge in [-0.3, -0.25) is 14.4 Å². The monoisotopic (exact) mass is 335 g/mol. The maximum Gasteiger partial charge on any atom is 0.268 e. The summed E-state index contributed by atoms with van der Waals surface area (Å²) in [6, 6.07) is 2.54. The molecule has 2 atom stereocenters. The molecule has 1 aromatic heterocycles. The highest BCUT2D eigenvalue weighted by atomic mass is 32.2. The van der Waals surface area contributed by atoms with E-state index in [-0.39, 0.29) is 35.0 Å². The number of hydrogen-bond donors (Lipinski definition) is 3. The quantitative estimate of drug-likeness (QED) is 0.724. The predicted octanol–water partition coefficient (Wildman–Crippen LogP) is 1.04. The highest BCUT2D eigenvalue weighted by Crippen LogP contribution is 2.33. The fraction of sp³-hybridized carbons (Fsp3) is 0.562. The first-order valence-electron chi connectivity index (χ1n) is 8.02. The molecule has 2 aliphatic carbocycles. The van der Waals surface area contributed by atoms with Crippen molar-refractivity contribution in [3.8, 4) is 0 Å². The maximum atomic E-state index is 12.2. The summed E-state index contributed by atoms with van der Waals surface area (Å²) < 4.78 is 0. The van der Waals surface area contributed by atoms with Crippen LogP contribution in [0.4, 0.5) is 0 Å². The van der Waals surface area contributed by atoms with Gasteiger partial charge in [-0.15, -0.1) is 11.8 Å². The van der Waals surface area contributed by atoms with Crippen LogP contribution in [0.2, 0.25) is 0 Å². The summed E-state index contributed by atoms with van der Waals surface area (Å²) in [5.74, 6) is 0.232. The zero-order valence-electron chi connectivity index (χ0n) is 12.8. The van der Waals surface area contributed by atoms with Crippen LogP contribution in [0, 0.1) is 0 Å². The van der Waals surface area contributed by atoms with Crippen molar-refractivity contribution < 1.29 is 9.59 Å². The molecular formula is C16H21N3O3S. The van der Waals surface area contributed by atoms with Gasteiger partial charge in [0.2, 0.25) is 5.91 Å². The molecule has 0 bridgehead atoms. The van der Waals surface area contributed by atoms with Crippen molar-refractivity contribution in [3.63, 3.8) is 0 Å². The molecule has 2 saturated carbocycles. The van der Waals surface area contributed by atoms with E-state index >= 15 is 0 Å². The zero-order valence-corrected chi connectivity index (χ0v) is 13.7. The third-order valence-corrected chi connectivity index (χ3v) is 5.54. The van der Waals surface area contributed by atoms with E-state index in [2.05, 4.69) is 15.6 Å². The van der Waals surface area contributed by atoms with Crippen molar-refractivity contribution in [1.82, 2.24) is 15.6 Å². The average Bonchev–Trinajstić information content (AvgIpc) is 3.27. The summed E-state index contributed by atoms with van der Waals surface area (Å²) in [6.07, 6.45) is 6.57. The predicted molar refractivity (Wildman–Crippen MR) is 89.6 cm³/mol. The van der Waals surface area contributed by atoms with Gasteiger partial charge >= 0.3 is 0 Å². The Kier molecular flexibility index (Phi) is 5.05. The number of thioether (sulfide) groups is 1. The molecule has 0 saturated heterocycles. The number of H-pyrrole nitrogens is 1. The molecule has 3 rings (SSSR count). The van der Waals surface area contributed by atoms with Crippen molar-refractivity contribution in [2.24, 2.45) is 0 Å². The van der Waals surface area contributed by atoms with Crippen LogP contribution in [0.3, 0.4) is 0 Å². The van der Waals surface area contributed by atoms with Crippen molar-refractivity contribution in [2.45, 2.75) is 49.4 Å². The van der Waals surface area contributed by atoms with Gasteiger partial charge < -0.3 is 15.6 Å². The van der Waals surface area contributed by atoms with Crippen molar-refractivity contribution in [2.75, 3.05) is 5.75 Å². The number of carbonyl (C=O) groups excluding carboxylic acids is 2. The van der Waals surface area contributed by atoms with Gasteiger partial charge in [0, 0.05) is 35.7 Å². The van der Waals surface area contributed by atoms with E-state index in [4.69, 9.17) is 0 Å². The molecule has 0 aliphatic heterocycles. The zero-order chi connectivity index (χ0) is 16.2. The van der Waals surface area contributed by atoms with Crippen LogP contribution in [0.5, 0.6) is 0 Å². The van der Waals surface area contributed by atoms with Crippen LogP contribution in [-0.4, -0.2) is 39.9 Å². The number of rotatable bonds is 6. The van der Waals surface area contributed by atoms with E-state index in [0.29, 0.717) is 11.0 Å². The number of hydrogen-bond acceptors (Lipinski definition) is 4. The number of carbonyl (C=O) groups is 2. The largest absolute Gasteiger partial charge is 0.357 e. The van der Waals surface area contributed by atoms with E-state index in [0.717, 1.165) is 19.3 Å². The summed E-state index contributed by atoms with van der Waals surface area (Å²) in [6.45, 7) is 0. The Morgan fingerprint density at radius 3 is 2.61 bits per heavy atom. The normalized spacial score (nSPS) is 23.5. The second kappa shape index (κ2) is 7.21. The number of nitrogens with one attached hydrogen (secondary N) is 3. The summed E-state index contributed by atoms with van der Waals surface area (Å²) in [7, 11) is 0. The molecule has 1 heterocycles. The van der Waals surface area contributed by atoms with Crippen molar-refractivity contribution in [1.29, 1.82) is 0 Å². The first-order chi connectivity index (χ1) is 11.1. The molecule has 2 amide bonds. The Labute approximate surface area is 138 Å². The van der Waals surface area contributed by atoms with Gasteiger partial charge in [0.1, 0.15) is 5.69 Å². The molecule has 23 heavy (non-hydrogen) atoms. The Balaban J connectivity index is 1.52. The molecule has 0 aromatic carbocycles. The number of aromatic amines is 1. The van der Waals surface area contributed by atoms with Crippen LogP contribution in [0.1, 0.15) is 42.6 Å². The summed E-state index contributed by atoms with van der Waals surface area (Å²) in [5, 5.41) is 6.62. The van der Waals surface area contributed by atoms with Crippen molar-refractivity contribution >= 4 is 23.6 Å². The molecule has 6 nitrogen and oxygen atoms in total. The Bertz CT molecular complexity index is 641. The SMILES string of the molecule is O=C(CSC1CC1)N[C@@H]1CCC[C@@H]1NC(=O)c1cc(=O)cc[nH]1. The lowest BCUT2D eigenvalue weighted by atomic mass is 10.1. The Morgan fingerprint density at radius 2 is 1.91 bits per heavy atom. The average molecular weight is 335 g/mol. The highest BCUT2D eigenvalue weighted by molar-refractivity contribution is 8.00. The van der Waals surface area contributed by atoms with E-state index in [1.165, 1.54) is 31.2 Å². The molecule has 0 radical (unpaired) electrons. The smallest absolute Gasteiger partial charge is 0.268 e. The minimum Gasteiger partial charge on any atom is -0.357 e. The van der Waals surface area contributed by atoms with Crippen LogP contribution in [-0.2, 0) is 4.79 Å². The molecule has 1 aromatic rings. The third-order valence-electron chi connectivity index (χ3n) is 4.17. The van der Waals surface area contributed by atoms with Gasteiger partial charge in [0.25, 0.3) is 5.91 Å². The molecule has 0 unspecified atom stereocenters. The minimum atomic E-state index is -0.304. The number of aromatic nitrogens is 1. The van der Waals surface area contributed by atoms with Gasteiger partial charge in [0.15, 0.2) is 5.43 Å². The van der Waals surface area contributed by atoms with Gasteiger partial charge in [-0.2, -0.15) is 0 Å². The van der Waals surface area contributed by atoms with Crippen LogP contribution < -0.4 is 16.1 Å². The van der Waals surface area contributed by atoms with E-state index in [9.17, 15) is 14.4 Å².